The maximum Gasteiger partial charge on any atom is 0.220 e. The quantitative estimate of drug-likeness (QED) is 0.807. The molecule has 4 nitrogen and oxygen atoms in total. The molecule has 3 rings (SSSR count). The smallest absolute Gasteiger partial charge is 0.220 e. The predicted octanol–water partition coefficient (Wildman–Crippen LogP) is 2.97. The van der Waals surface area contributed by atoms with Gasteiger partial charge in [0.25, 0.3) is 0 Å². The maximum absolute atomic E-state index is 12.1. The number of thiophene rings is 1. The van der Waals surface area contributed by atoms with E-state index in [-0.39, 0.29) is 36.8 Å². The van der Waals surface area contributed by atoms with E-state index in [1.165, 1.54) is 16.9 Å². The summed E-state index contributed by atoms with van der Waals surface area (Å²) < 4.78 is 0. The molecule has 1 aromatic rings. The van der Waals surface area contributed by atoms with Crippen molar-refractivity contribution < 1.29 is 4.79 Å². The van der Waals surface area contributed by atoms with Gasteiger partial charge in [0.15, 0.2) is 0 Å². The molecule has 3 N–H and O–H groups in total. The average Bonchev–Trinajstić information content (AvgIpc) is 3.13. The minimum atomic E-state index is 0. The molecular weight excluding hydrogens is 365 g/mol. The summed E-state index contributed by atoms with van der Waals surface area (Å²) in [5.74, 6) is 0.557. The number of carbonyl (C=O) groups excluding carboxylic acids is 1. The number of carbonyl (C=O) groups is 1. The van der Waals surface area contributed by atoms with Gasteiger partial charge in [-0.05, 0) is 49.1 Å². The monoisotopic (exact) mass is 393 g/mol. The number of halogens is 2. The molecule has 0 saturated heterocycles. The molecule has 138 valence electrons. The fraction of sp³-hybridized carbons (Fsp3) is 0.706. The number of hydrogen-bond acceptors (Lipinski definition) is 4. The van der Waals surface area contributed by atoms with Gasteiger partial charge in [-0.15, -0.1) is 36.2 Å². The molecule has 3 atom stereocenters. The second-order valence-corrected chi connectivity index (χ2v) is 7.80. The molecule has 0 bridgehead atoms. The van der Waals surface area contributed by atoms with E-state index in [0.717, 1.165) is 38.9 Å². The number of nitrogens with one attached hydrogen (secondary N) is 1. The molecule has 1 amide bonds. The van der Waals surface area contributed by atoms with E-state index in [4.69, 9.17) is 5.73 Å². The average molecular weight is 394 g/mol. The third-order valence-corrected chi connectivity index (χ3v) is 6.24. The Labute approximate surface area is 161 Å². The highest BCUT2D eigenvalue weighted by Gasteiger charge is 2.26. The Morgan fingerprint density at radius 2 is 2.25 bits per heavy atom. The van der Waals surface area contributed by atoms with Crippen LogP contribution in [0.15, 0.2) is 11.4 Å². The Kier molecular flexibility index (Phi) is 9.02. The van der Waals surface area contributed by atoms with E-state index in [2.05, 4.69) is 28.6 Å². The summed E-state index contributed by atoms with van der Waals surface area (Å²) in [4.78, 5) is 16.1. The van der Waals surface area contributed by atoms with Crippen molar-refractivity contribution in [2.24, 2.45) is 11.7 Å². The lowest BCUT2D eigenvalue weighted by molar-refractivity contribution is -0.122. The Hall–Kier alpha value is -0.330. The number of nitrogens with two attached hydrogens (primary N) is 1. The van der Waals surface area contributed by atoms with Gasteiger partial charge in [-0.2, -0.15) is 0 Å². The van der Waals surface area contributed by atoms with Crippen LogP contribution in [0.25, 0.3) is 0 Å². The first kappa shape index (κ1) is 21.7. The Morgan fingerprint density at radius 1 is 1.46 bits per heavy atom. The van der Waals surface area contributed by atoms with Crippen LogP contribution < -0.4 is 11.1 Å². The number of fused-ring (bicyclic) bond motifs is 1. The van der Waals surface area contributed by atoms with Crippen molar-refractivity contribution >= 4 is 42.1 Å². The van der Waals surface area contributed by atoms with E-state index in [1.54, 1.807) is 0 Å². The molecule has 2 heterocycles. The molecule has 1 fully saturated rings. The van der Waals surface area contributed by atoms with E-state index >= 15 is 0 Å². The zero-order valence-corrected chi connectivity index (χ0v) is 16.7. The van der Waals surface area contributed by atoms with Crippen LogP contribution in [0.4, 0.5) is 0 Å². The number of rotatable bonds is 5. The van der Waals surface area contributed by atoms with Crippen LogP contribution in [-0.2, 0) is 17.8 Å². The van der Waals surface area contributed by atoms with Crippen LogP contribution in [0.1, 0.15) is 43.0 Å². The van der Waals surface area contributed by atoms with Crippen molar-refractivity contribution in [3.63, 3.8) is 0 Å². The lowest BCUT2D eigenvalue weighted by Gasteiger charge is -2.32. The molecule has 1 saturated carbocycles. The Bertz CT molecular complexity index is 526. The van der Waals surface area contributed by atoms with Crippen molar-refractivity contribution in [3.8, 4) is 0 Å². The lowest BCUT2D eigenvalue weighted by Crippen LogP contribution is -2.44. The fourth-order valence-corrected chi connectivity index (χ4v) is 4.56. The number of amides is 1. The fourth-order valence-electron chi connectivity index (χ4n) is 3.67. The standard InChI is InChI=1S/C17H27N3OS.2ClH/c1-12(20-7-5-16-14(11-20)6-8-22-16)10-19-17(21)9-13-3-2-4-15(13)18;;/h6,8,12-13,15H,2-5,7,9-11,18H2,1H3,(H,19,21);2*1H/t12?,13-,15+;;/m0../s1. The molecule has 0 radical (unpaired) electrons. The molecule has 0 aromatic carbocycles. The highest BCUT2D eigenvalue weighted by Crippen LogP contribution is 2.27. The van der Waals surface area contributed by atoms with E-state index in [0.29, 0.717) is 18.4 Å². The topological polar surface area (TPSA) is 58.4 Å². The van der Waals surface area contributed by atoms with E-state index in [9.17, 15) is 4.79 Å². The Morgan fingerprint density at radius 3 is 2.96 bits per heavy atom. The van der Waals surface area contributed by atoms with Crippen LogP contribution in [0.3, 0.4) is 0 Å². The van der Waals surface area contributed by atoms with E-state index < -0.39 is 0 Å². The van der Waals surface area contributed by atoms with Crippen LogP contribution in [0, 0.1) is 5.92 Å². The normalized spacial score (nSPS) is 24.4. The predicted molar refractivity (Wildman–Crippen MR) is 105 cm³/mol. The van der Waals surface area contributed by atoms with Crippen molar-refractivity contribution in [2.75, 3.05) is 13.1 Å². The zero-order chi connectivity index (χ0) is 15.5. The minimum absolute atomic E-state index is 0. The van der Waals surface area contributed by atoms with Gasteiger partial charge in [0.05, 0.1) is 0 Å². The van der Waals surface area contributed by atoms with Crippen LogP contribution >= 0.6 is 36.2 Å². The Balaban J connectivity index is 0.00000144. The second kappa shape index (κ2) is 9.97. The van der Waals surface area contributed by atoms with Gasteiger partial charge in [0.2, 0.25) is 5.91 Å². The molecule has 1 unspecified atom stereocenters. The molecular formula is C17H29Cl2N3OS. The van der Waals surface area contributed by atoms with Crippen molar-refractivity contribution in [1.29, 1.82) is 0 Å². The van der Waals surface area contributed by atoms with Gasteiger partial charge in [0.1, 0.15) is 0 Å². The highest BCUT2D eigenvalue weighted by atomic mass is 35.5. The third-order valence-electron chi connectivity index (χ3n) is 5.22. The summed E-state index contributed by atoms with van der Waals surface area (Å²) in [7, 11) is 0. The summed E-state index contributed by atoms with van der Waals surface area (Å²) in [5.41, 5.74) is 7.51. The van der Waals surface area contributed by atoms with Crippen molar-refractivity contribution in [2.45, 2.75) is 57.7 Å². The summed E-state index contributed by atoms with van der Waals surface area (Å²) in [6.45, 7) is 5.06. The summed E-state index contributed by atoms with van der Waals surface area (Å²) in [5, 5.41) is 5.30. The van der Waals surface area contributed by atoms with Crippen LogP contribution in [-0.4, -0.2) is 36.0 Å². The first-order chi connectivity index (χ1) is 10.6. The first-order valence-electron chi connectivity index (χ1n) is 8.45. The molecule has 24 heavy (non-hydrogen) atoms. The van der Waals surface area contributed by atoms with Gasteiger partial charge < -0.3 is 11.1 Å². The molecule has 7 heteroatoms. The largest absolute Gasteiger partial charge is 0.355 e. The van der Waals surface area contributed by atoms with Crippen LogP contribution in [0.2, 0.25) is 0 Å². The summed E-state index contributed by atoms with van der Waals surface area (Å²) in [6.07, 6.45) is 5.10. The van der Waals surface area contributed by atoms with Crippen molar-refractivity contribution in [1.82, 2.24) is 10.2 Å². The van der Waals surface area contributed by atoms with Gasteiger partial charge in [0, 0.05) is 43.0 Å². The van der Waals surface area contributed by atoms with Gasteiger partial charge >= 0.3 is 0 Å². The number of nitrogens with zero attached hydrogens (tertiary/aromatic N) is 1. The molecule has 0 spiro atoms. The molecule has 1 aliphatic heterocycles. The summed E-state index contributed by atoms with van der Waals surface area (Å²) >= 11 is 1.87. The molecule has 1 aromatic heterocycles. The lowest BCUT2D eigenvalue weighted by atomic mass is 10.00. The highest BCUT2D eigenvalue weighted by molar-refractivity contribution is 7.10. The van der Waals surface area contributed by atoms with Gasteiger partial charge in [-0.1, -0.05) is 6.42 Å². The number of hydrogen-bond donors (Lipinski definition) is 2. The summed E-state index contributed by atoms with van der Waals surface area (Å²) in [6, 6.07) is 2.84. The van der Waals surface area contributed by atoms with Crippen molar-refractivity contribution in [3.05, 3.63) is 21.9 Å². The molecule has 2 aliphatic rings. The third kappa shape index (κ3) is 5.33. The maximum atomic E-state index is 12.1. The van der Waals surface area contributed by atoms with Crippen LogP contribution in [0.5, 0.6) is 0 Å². The SMILES string of the molecule is CC(CNC(=O)C[C@@H]1CCC[C@H]1N)N1CCc2sccc2C1.Cl.Cl. The first-order valence-corrected chi connectivity index (χ1v) is 9.33. The minimum Gasteiger partial charge on any atom is -0.355 e. The van der Waals surface area contributed by atoms with E-state index in [1.807, 2.05) is 11.3 Å². The van der Waals surface area contributed by atoms with Gasteiger partial charge in [-0.25, -0.2) is 0 Å². The second-order valence-electron chi connectivity index (χ2n) is 6.80. The van der Waals surface area contributed by atoms with Gasteiger partial charge in [-0.3, -0.25) is 9.69 Å². The zero-order valence-electron chi connectivity index (χ0n) is 14.2. The molecule has 1 aliphatic carbocycles.